The number of hydrogen-bond donors (Lipinski definition) is 3. The molecule has 170 valence electrons. The highest BCUT2D eigenvalue weighted by atomic mass is 19.3. The summed E-state index contributed by atoms with van der Waals surface area (Å²) in [5, 5.41) is 10.8. The first-order chi connectivity index (χ1) is 14.8. The first-order valence-corrected chi connectivity index (χ1v) is 11.0. The van der Waals surface area contributed by atoms with E-state index in [-0.39, 0.29) is 17.3 Å². The Morgan fingerprint density at radius 3 is 2.61 bits per heavy atom. The first kappa shape index (κ1) is 22.1. The molecule has 2 atom stereocenters. The van der Waals surface area contributed by atoms with Crippen LogP contribution in [0.4, 0.5) is 14.6 Å². The Labute approximate surface area is 181 Å². The highest BCUT2D eigenvalue weighted by molar-refractivity contribution is 6.07. The highest BCUT2D eigenvalue weighted by Gasteiger charge is 2.60. The molecule has 3 fully saturated rings. The number of hydrogen-bond acceptors (Lipinski definition) is 6. The number of aromatic nitrogens is 1. The van der Waals surface area contributed by atoms with Crippen LogP contribution in [0.15, 0.2) is 24.0 Å². The third-order valence-corrected chi connectivity index (χ3v) is 6.61. The van der Waals surface area contributed by atoms with E-state index in [9.17, 15) is 8.78 Å². The number of fused-ring (bicyclic) bond motifs is 1. The summed E-state index contributed by atoms with van der Waals surface area (Å²) in [6.07, 6.45) is 5.69. The van der Waals surface area contributed by atoms with Crippen LogP contribution in [0, 0.1) is 23.2 Å². The maximum atomic E-state index is 12.6. The van der Waals surface area contributed by atoms with Gasteiger partial charge in [-0.25, -0.2) is 4.98 Å². The summed E-state index contributed by atoms with van der Waals surface area (Å²) in [4.78, 5) is 6.49. The van der Waals surface area contributed by atoms with Gasteiger partial charge in [0.25, 0.3) is 0 Å². The van der Waals surface area contributed by atoms with Crippen LogP contribution in [0.5, 0.6) is 5.75 Å². The maximum absolute atomic E-state index is 12.6. The molecule has 0 aromatic carbocycles. The Balaban J connectivity index is 1.46. The van der Waals surface area contributed by atoms with Gasteiger partial charge in [-0.15, -0.1) is 0 Å². The molecule has 2 heterocycles. The molecular weight excluding hydrogens is 404 g/mol. The van der Waals surface area contributed by atoms with E-state index in [0.29, 0.717) is 35.4 Å². The van der Waals surface area contributed by atoms with Crippen molar-refractivity contribution >= 4 is 11.5 Å². The number of nitrogens with zero attached hydrogens (tertiary/aromatic N) is 2. The lowest BCUT2D eigenvalue weighted by Gasteiger charge is -2.33. The lowest BCUT2D eigenvalue weighted by Crippen LogP contribution is -2.87. The summed E-state index contributed by atoms with van der Waals surface area (Å²) in [6, 6.07) is 2.37. The van der Waals surface area contributed by atoms with Gasteiger partial charge in [0.2, 0.25) is 0 Å². The first-order valence-electron chi connectivity index (χ1n) is 11.0. The van der Waals surface area contributed by atoms with Gasteiger partial charge in [0, 0.05) is 42.9 Å². The van der Waals surface area contributed by atoms with Crippen LogP contribution in [-0.2, 0) is 4.74 Å². The largest absolute Gasteiger partial charge is 0.431 e. The number of ether oxygens (including phenoxy) is 2. The second-order valence-electron chi connectivity index (χ2n) is 9.08. The molecule has 0 spiro atoms. The van der Waals surface area contributed by atoms with E-state index in [1.54, 1.807) is 0 Å². The Bertz CT molecular complexity index is 829. The zero-order valence-electron chi connectivity index (χ0n) is 18.1. The average molecular weight is 437 g/mol. The van der Waals surface area contributed by atoms with Crippen molar-refractivity contribution in [1.82, 2.24) is 9.88 Å². The molecular formula is C22H32F2N5O2+. The molecule has 4 rings (SSSR count). The zero-order valence-corrected chi connectivity index (χ0v) is 18.1. The fourth-order valence-corrected chi connectivity index (χ4v) is 5.23. The van der Waals surface area contributed by atoms with Crippen LogP contribution in [0.3, 0.4) is 0 Å². The van der Waals surface area contributed by atoms with Gasteiger partial charge in [-0.05, 0) is 44.6 Å². The number of alkyl halides is 2. The molecule has 1 aromatic rings. The third kappa shape index (κ3) is 5.05. The van der Waals surface area contributed by atoms with E-state index in [4.69, 9.17) is 15.9 Å². The molecule has 0 amide bonds. The van der Waals surface area contributed by atoms with Gasteiger partial charge in [-0.2, -0.15) is 8.78 Å². The predicted octanol–water partition coefficient (Wildman–Crippen LogP) is 1.85. The van der Waals surface area contributed by atoms with Crippen LogP contribution in [0.2, 0.25) is 0 Å². The van der Waals surface area contributed by atoms with Crippen LogP contribution in [0.25, 0.3) is 0 Å². The molecule has 5 N–H and O–H groups in total. The second kappa shape index (κ2) is 9.18. The number of quaternary nitrogens is 1. The van der Waals surface area contributed by atoms with Gasteiger partial charge in [0.15, 0.2) is 11.6 Å². The van der Waals surface area contributed by atoms with Crippen LogP contribution in [-0.4, -0.2) is 60.6 Å². The minimum atomic E-state index is -2.99. The summed E-state index contributed by atoms with van der Waals surface area (Å²) in [5.74, 6) is 1.48. The Kier molecular flexibility index (Phi) is 6.55. The van der Waals surface area contributed by atoms with Gasteiger partial charge in [0.1, 0.15) is 5.70 Å². The van der Waals surface area contributed by atoms with Crippen molar-refractivity contribution in [2.24, 2.45) is 17.8 Å². The molecule has 3 aliphatic rings. The Hall–Kier alpha value is -2.10. The number of anilines is 1. The Morgan fingerprint density at radius 1 is 1.32 bits per heavy atom. The number of nitrogen functional groups attached to an aromatic ring is 1. The molecule has 1 aliphatic heterocycles. The number of rotatable bonds is 8. The fourth-order valence-electron chi connectivity index (χ4n) is 5.23. The van der Waals surface area contributed by atoms with E-state index in [1.165, 1.54) is 30.8 Å². The number of morpholine rings is 1. The average Bonchev–Trinajstić information content (AvgIpc) is 3.22. The molecule has 9 heteroatoms. The topological polar surface area (TPSA) is 101 Å². The number of pyridine rings is 1. The predicted molar refractivity (Wildman–Crippen MR) is 113 cm³/mol. The van der Waals surface area contributed by atoms with Crippen LogP contribution in [0.1, 0.15) is 32.3 Å². The summed E-state index contributed by atoms with van der Waals surface area (Å²) >= 11 is 0. The minimum Gasteiger partial charge on any atom is -0.431 e. The van der Waals surface area contributed by atoms with E-state index < -0.39 is 6.61 Å². The summed E-state index contributed by atoms with van der Waals surface area (Å²) < 4.78 is 35.1. The molecule has 0 radical (unpaired) electrons. The number of halogens is 2. The van der Waals surface area contributed by atoms with Crippen molar-refractivity contribution in [2.75, 3.05) is 32.0 Å². The van der Waals surface area contributed by atoms with Crippen molar-refractivity contribution in [1.29, 1.82) is 5.41 Å². The molecule has 7 nitrogen and oxygen atoms in total. The molecule has 1 saturated heterocycles. The molecule has 0 bridgehead atoms. The summed E-state index contributed by atoms with van der Waals surface area (Å²) in [7, 11) is 0. The lowest BCUT2D eigenvalue weighted by molar-refractivity contribution is -0.640. The highest BCUT2D eigenvalue weighted by Crippen LogP contribution is 2.60. The molecule has 31 heavy (non-hydrogen) atoms. The zero-order chi connectivity index (χ0) is 22.1. The number of allylic oxidation sites excluding steroid dienone is 2. The van der Waals surface area contributed by atoms with Gasteiger partial charge in [0.05, 0.1) is 25.0 Å². The molecule has 2 unspecified atom stereocenters. The molecule has 1 aromatic heterocycles. The van der Waals surface area contributed by atoms with Crippen molar-refractivity contribution in [3.63, 3.8) is 0 Å². The minimum absolute atomic E-state index is 0.110. The van der Waals surface area contributed by atoms with Gasteiger partial charge >= 0.3 is 6.61 Å². The van der Waals surface area contributed by atoms with E-state index in [1.807, 2.05) is 6.08 Å². The van der Waals surface area contributed by atoms with Crippen molar-refractivity contribution in [3.05, 3.63) is 29.6 Å². The molecule has 2 aliphatic carbocycles. The summed E-state index contributed by atoms with van der Waals surface area (Å²) in [5.41, 5.74) is 7.44. The van der Waals surface area contributed by atoms with E-state index >= 15 is 0 Å². The number of nitrogens with one attached hydrogen (secondary N) is 1. The van der Waals surface area contributed by atoms with Crippen molar-refractivity contribution in [3.8, 4) is 5.75 Å². The number of nitrogens with two attached hydrogens (primary N) is 2. The summed E-state index contributed by atoms with van der Waals surface area (Å²) in [6.45, 7) is 4.97. The van der Waals surface area contributed by atoms with Crippen LogP contribution >= 0.6 is 0 Å². The monoisotopic (exact) mass is 436 g/mol. The fraction of sp³-hybridized carbons (Fsp3) is 0.636. The third-order valence-electron chi connectivity index (χ3n) is 6.61. The van der Waals surface area contributed by atoms with Gasteiger partial charge < -0.3 is 20.5 Å². The maximum Gasteiger partial charge on any atom is 0.387 e. The Morgan fingerprint density at radius 2 is 2.00 bits per heavy atom. The smallest absolute Gasteiger partial charge is 0.387 e. The SMILES string of the molecule is CC(C)[NH2+]C(=CC(=N)c1cnc(N)c(OC(F)F)c1)C1C2CC(N3CCOCC3)CC21. The van der Waals surface area contributed by atoms with Crippen molar-refractivity contribution < 1.29 is 23.6 Å². The normalized spacial score (nSPS) is 28.8. The quantitative estimate of drug-likeness (QED) is 0.540. The molecule has 2 saturated carbocycles. The lowest BCUT2D eigenvalue weighted by atomic mass is 10.0. The van der Waals surface area contributed by atoms with Gasteiger partial charge in [-0.1, -0.05) is 0 Å². The van der Waals surface area contributed by atoms with Crippen LogP contribution < -0.4 is 15.8 Å². The standard InChI is InChI=1S/C22H31F2N5O2/c1-12(2)28-18(10-17(25)13-7-19(31-22(23)24)21(26)27-11-13)20-15-8-14(9-16(15)20)29-3-5-30-6-4-29/h7,10-12,14-16,20,22,25,28H,3-6,8-9H2,1-2H3,(H2,26,27)/p+1. The van der Waals surface area contributed by atoms with Crippen molar-refractivity contribution in [2.45, 2.75) is 45.4 Å². The van der Waals surface area contributed by atoms with Gasteiger partial charge in [-0.3, -0.25) is 10.3 Å². The second-order valence-corrected chi connectivity index (χ2v) is 9.08. The van der Waals surface area contributed by atoms with E-state index in [0.717, 1.165) is 26.3 Å². The van der Waals surface area contributed by atoms with E-state index in [2.05, 4.69) is 33.8 Å².